The Bertz CT molecular complexity index is 2630. The van der Waals surface area contributed by atoms with Gasteiger partial charge in [0.05, 0.1) is 22.9 Å². The van der Waals surface area contributed by atoms with Crippen LogP contribution in [0.4, 0.5) is 5.82 Å². The lowest BCUT2D eigenvalue weighted by Gasteiger charge is -2.12. The van der Waals surface area contributed by atoms with Crippen LogP contribution in [-0.4, -0.2) is 28.9 Å². The first kappa shape index (κ1) is 27.4. The van der Waals surface area contributed by atoms with Gasteiger partial charge in [0, 0.05) is 39.2 Å². The average Bonchev–Trinajstić information content (AvgIpc) is 3.71. The van der Waals surface area contributed by atoms with Crippen molar-refractivity contribution in [2.45, 2.75) is 0 Å². The van der Waals surface area contributed by atoms with E-state index >= 15 is 0 Å². The summed E-state index contributed by atoms with van der Waals surface area (Å²) in [5.74, 6) is 2.33. The van der Waals surface area contributed by atoms with Crippen LogP contribution in [0.2, 0.25) is 0 Å². The molecule has 48 heavy (non-hydrogen) atoms. The van der Waals surface area contributed by atoms with Crippen LogP contribution >= 0.6 is 0 Å². The molecule has 0 saturated heterocycles. The summed E-state index contributed by atoms with van der Waals surface area (Å²) in [6.45, 7) is 7.95. The summed E-state index contributed by atoms with van der Waals surface area (Å²) in [6.07, 6.45) is 1.88. The molecule has 0 aliphatic carbocycles. The Morgan fingerprint density at radius 3 is 1.83 bits per heavy atom. The lowest BCUT2D eigenvalue weighted by molar-refractivity contribution is 1.07. The number of imidazole rings is 1. The fourth-order valence-electron chi connectivity index (χ4n) is 6.40. The van der Waals surface area contributed by atoms with Gasteiger partial charge in [0.1, 0.15) is 0 Å². The number of pyridine rings is 1. The lowest BCUT2D eigenvalue weighted by Crippen LogP contribution is -2.01. The van der Waals surface area contributed by atoms with Gasteiger partial charge in [0.2, 0.25) is 5.65 Å². The van der Waals surface area contributed by atoms with Crippen molar-refractivity contribution in [2.75, 3.05) is 0 Å². The summed E-state index contributed by atoms with van der Waals surface area (Å²) in [7, 11) is 0. The molecular formula is C41H25N7. The van der Waals surface area contributed by atoms with Gasteiger partial charge in [-0.25, -0.2) is 24.3 Å². The number of hydrogen-bond donors (Lipinski definition) is 0. The fraction of sp³-hybridized carbons (Fsp3) is 0. The minimum atomic E-state index is 0.493. The molecule has 5 aromatic carbocycles. The molecular weight excluding hydrogens is 591 g/mol. The molecule has 9 rings (SSSR count). The highest BCUT2D eigenvalue weighted by Crippen LogP contribution is 2.38. The minimum Gasteiger partial charge on any atom is -0.362 e. The molecule has 0 radical (unpaired) electrons. The highest BCUT2D eigenvalue weighted by Gasteiger charge is 2.19. The summed E-state index contributed by atoms with van der Waals surface area (Å²) in [5, 5.41) is 2.26. The molecule has 7 nitrogen and oxygen atoms in total. The van der Waals surface area contributed by atoms with Crippen LogP contribution in [0.15, 0.2) is 152 Å². The first-order chi connectivity index (χ1) is 23.7. The Kier molecular flexibility index (Phi) is 6.37. The summed E-state index contributed by atoms with van der Waals surface area (Å²) in [5.41, 5.74) is 8.09. The van der Waals surface area contributed by atoms with E-state index in [-0.39, 0.29) is 0 Å². The molecule has 9 aromatic rings. The van der Waals surface area contributed by atoms with E-state index in [0.717, 1.165) is 55.4 Å². The summed E-state index contributed by atoms with van der Waals surface area (Å²) >= 11 is 0. The number of aromatic nitrogens is 6. The number of rotatable bonds is 5. The maximum atomic E-state index is 7.95. The van der Waals surface area contributed by atoms with Crippen LogP contribution in [-0.2, 0) is 0 Å². The van der Waals surface area contributed by atoms with Crippen LogP contribution in [0.3, 0.4) is 0 Å². The van der Waals surface area contributed by atoms with Crippen molar-refractivity contribution in [1.82, 2.24) is 28.9 Å². The van der Waals surface area contributed by atoms with Crippen LogP contribution in [0, 0.1) is 6.57 Å². The monoisotopic (exact) mass is 615 g/mol. The zero-order chi connectivity index (χ0) is 32.0. The standard InChI is InChI=1S/C41H25N7/c1-42-41-37(43-36-21-10-11-24-47(36)41)29-22-23-33-32-19-8-9-20-34(32)48(35(33)26-29)31-18-12-17-30(25-31)40-45-38(27-13-4-2-5-14-27)44-39(46-40)28-15-6-3-7-16-28/h2-26H. The quantitative estimate of drug-likeness (QED) is 0.181. The number of nitrogens with zero attached hydrogens (tertiary/aromatic N) is 7. The summed E-state index contributed by atoms with van der Waals surface area (Å²) in [4.78, 5) is 23.5. The van der Waals surface area contributed by atoms with Crippen molar-refractivity contribution in [3.05, 3.63) is 163 Å². The Balaban J connectivity index is 1.24. The molecule has 0 amide bonds. The second kappa shape index (κ2) is 11.2. The second-order valence-electron chi connectivity index (χ2n) is 11.5. The van der Waals surface area contributed by atoms with Gasteiger partial charge in [-0.3, -0.25) is 0 Å². The molecule has 0 aliphatic heterocycles. The van der Waals surface area contributed by atoms with Crippen LogP contribution in [0.1, 0.15) is 0 Å². The predicted octanol–water partition coefficient (Wildman–Crippen LogP) is 9.84. The Labute approximate surface area is 275 Å². The third kappa shape index (κ3) is 4.51. The number of hydrogen-bond acceptors (Lipinski definition) is 4. The van der Waals surface area contributed by atoms with E-state index < -0.39 is 0 Å². The third-order valence-electron chi connectivity index (χ3n) is 8.62. The topological polar surface area (TPSA) is 65.3 Å². The first-order valence-electron chi connectivity index (χ1n) is 15.6. The van der Waals surface area contributed by atoms with Crippen molar-refractivity contribution in [2.24, 2.45) is 0 Å². The van der Waals surface area contributed by atoms with Crippen LogP contribution in [0.5, 0.6) is 0 Å². The van der Waals surface area contributed by atoms with Gasteiger partial charge in [0.25, 0.3) is 5.82 Å². The van der Waals surface area contributed by atoms with E-state index in [0.29, 0.717) is 29.0 Å². The normalized spacial score (nSPS) is 11.3. The molecule has 0 bridgehead atoms. The first-order valence-corrected chi connectivity index (χ1v) is 15.6. The van der Waals surface area contributed by atoms with Crippen LogP contribution in [0.25, 0.3) is 83.4 Å². The zero-order valence-corrected chi connectivity index (χ0v) is 25.6. The number of fused-ring (bicyclic) bond motifs is 4. The van der Waals surface area contributed by atoms with E-state index in [9.17, 15) is 0 Å². The summed E-state index contributed by atoms with van der Waals surface area (Å²) < 4.78 is 4.11. The summed E-state index contributed by atoms with van der Waals surface area (Å²) in [6, 6.07) is 48.9. The molecule has 4 aromatic heterocycles. The zero-order valence-electron chi connectivity index (χ0n) is 25.6. The van der Waals surface area contributed by atoms with Gasteiger partial charge >= 0.3 is 0 Å². The van der Waals surface area contributed by atoms with E-state index in [2.05, 4.69) is 64.0 Å². The van der Waals surface area contributed by atoms with Gasteiger partial charge < -0.3 is 9.41 Å². The highest BCUT2D eigenvalue weighted by atomic mass is 15.1. The Hall–Kier alpha value is -6.91. The molecule has 0 unspecified atom stereocenters. The van der Waals surface area contributed by atoms with Gasteiger partial charge in [-0.2, -0.15) is 0 Å². The lowest BCUT2D eigenvalue weighted by atomic mass is 10.1. The van der Waals surface area contributed by atoms with E-state index in [1.807, 2.05) is 102 Å². The molecule has 0 fully saturated rings. The molecule has 0 atom stereocenters. The minimum absolute atomic E-state index is 0.493. The number of para-hydroxylation sites is 1. The van der Waals surface area contributed by atoms with E-state index in [1.165, 1.54) is 0 Å². The van der Waals surface area contributed by atoms with E-state index in [4.69, 9.17) is 26.5 Å². The molecule has 0 spiro atoms. The maximum absolute atomic E-state index is 7.95. The fourth-order valence-corrected chi connectivity index (χ4v) is 6.40. The van der Waals surface area contributed by atoms with E-state index in [1.54, 1.807) is 0 Å². The molecule has 0 saturated carbocycles. The van der Waals surface area contributed by atoms with Gasteiger partial charge in [-0.05, 0) is 35.9 Å². The molecule has 0 aliphatic rings. The van der Waals surface area contributed by atoms with Crippen molar-refractivity contribution >= 4 is 33.3 Å². The average molecular weight is 616 g/mol. The highest BCUT2D eigenvalue weighted by molar-refractivity contribution is 6.10. The molecule has 4 heterocycles. The van der Waals surface area contributed by atoms with Crippen molar-refractivity contribution in [3.63, 3.8) is 0 Å². The smallest absolute Gasteiger partial charge is 0.262 e. The maximum Gasteiger partial charge on any atom is 0.262 e. The Morgan fingerprint density at radius 1 is 0.479 bits per heavy atom. The third-order valence-corrected chi connectivity index (χ3v) is 8.62. The largest absolute Gasteiger partial charge is 0.362 e. The van der Waals surface area contributed by atoms with Gasteiger partial charge in [0.15, 0.2) is 17.5 Å². The van der Waals surface area contributed by atoms with Crippen LogP contribution < -0.4 is 0 Å². The molecule has 224 valence electrons. The Morgan fingerprint density at radius 2 is 1.10 bits per heavy atom. The second-order valence-corrected chi connectivity index (χ2v) is 11.5. The predicted molar refractivity (Wildman–Crippen MR) is 191 cm³/mol. The van der Waals surface area contributed by atoms with Crippen molar-refractivity contribution in [1.29, 1.82) is 0 Å². The van der Waals surface area contributed by atoms with Crippen molar-refractivity contribution in [3.8, 4) is 51.1 Å². The molecule has 0 N–H and O–H groups in total. The van der Waals surface area contributed by atoms with Crippen molar-refractivity contribution < 1.29 is 0 Å². The molecule has 7 heteroatoms. The SMILES string of the molecule is [C-]#[N+]c1c(-c2ccc3c4ccccc4n(-c4cccc(-c5nc(-c6ccccc6)nc(-c6ccccc6)n5)c4)c3c2)nc2ccccn12. The van der Waals surface area contributed by atoms with Gasteiger partial charge in [-0.15, -0.1) is 0 Å². The van der Waals surface area contributed by atoms with Gasteiger partial charge in [-0.1, -0.05) is 116 Å². The number of benzene rings is 5.